The summed E-state index contributed by atoms with van der Waals surface area (Å²) in [5.74, 6) is -1.09. The van der Waals surface area contributed by atoms with Gasteiger partial charge in [0.15, 0.2) is 11.6 Å². The Labute approximate surface area is 138 Å². The highest BCUT2D eigenvalue weighted by molar-refractivity contribution is 5.92. The Balaban J connectivity index is 1.60. The molecule has 1 saturated heterocycles. The van der Waals surface area contributed by atoms with Crippen molar-refractivity contribution < 1.29 is 18.3 Å². The van der Waals surface area contributed by atoms with Crippen LogP contribution < -0.4 is 15.4 Å². The molecule has 24 heavy (non-hydrogen) atoms. The molecule has 0 saturated carbocycles. The molecule has 6 heteroatoms. The summed E-state index contributed by atoms with van der Waals surface area (Å²) >= 11 is 0. The first-order chi connectivity index (χ1) is 11.6. The Bertz CT molecular complexity index is 731. The third kappa shape index (κ3) is 4.08. The van der Waals surface area contributed by atoms with Gasteiger partial charge in [-0.05, 0) is 42.8 Å². The number of benzene rings is 2. The zero-order valence-corrected chi connectivity index (χ0v) is 13.0. The first kappa shape index (κ1) is 16.4. The lowest BCUT2D eigenvalue weighted by Crippen LogP contribution is -2.24. The summed E-state index contributed by atoms with van der Waals surface area (Å²) in [7, 11) is 0. The van der Waals surface area contributed by atoms with Crippen molar-refractivity contribution in [3.05, 3.63) is 59.7 Å². The molecule has 1 heterocycles. The molecule has 1 unspecified atom stereocenters. The zero-order chi connectivity index (χ0) is 16.9. The molecule has 0 aliphatic carbocycles. The highest BCUT2D eigenvalue weighted by Crippen LogP contribution is 2.23. The maximum atomic E-state index is 14.1. The van der Waals surface area contributed by atoms with Crippen molar-refractivity contribution in [2.24, 2.45) is 5.92 Å². The lowest BCUT2D eigenvalue weighted by molar-refractivity contribution is -0.119. The SMILES string of the molecule is O=C(Nc1ccc(OCc2cccc(F)c2)c(F)c1)C1CCNC1. The van der Waals surface area contributed by atoms with E-state index in [1.807, 2.05) is 0 Å². The topological polar surface area (TPSA) is 50.4 Å². The molecule has 0 spiro atoms. The molecule has 2 aromatic carbocycles. The monoisotopic (exact) mass is 332 g/mol. The van der Waals surface area contributed by atoms with Crippen LogP contribution in [0.2, 0.25) is 0 Å². The number of hydrogen-bond donors (Lipinski definition) is 2. The molecular formula is C18H18F2N2O2. The van der Waals surface area contributed by atoms with Gasteiger partial charge >= 0.3 is 0 Å². The van der Waals surface area contributed by atoms with Crippen LogP contribution >= 0.6 is 0 Å². The van der Waals surface area contributed by atoms with E-state index in [0.29, 0.717) is 17.8 Å². The van der Waals surface area contributed by atoms with Crippen molar-refractivity contribution in [2.45, 2.75) is 13.0 Å². The number of carbonyl (C=O) groups excluding carboxylic acids is 1. The number of amides is 1. The lowest BCUT2D eigenvalue weighted by atomic mass is 10.1. The summed E-state index contributed by atoms with van der Waals surface area (Å²) < 4.78 is 32.6. The van der Waals surface area contributed by atoms with Crippen LogP contribution in [0.25, 0.3) is 0 Å². The van der Waals surface area contributed by atoms with Gasteiger partial charge in [0.25, 0.3) is 0 Å². The maximum absolute atomic E-state index is 14.1. The first-order valence-electron chi connectivity index (χ1n) is 7.80. The van der Waals surface area contributed by atoms with Gasteiger partial charge in [0, 0.05) is 18.3 Å². The molecule has 1 aliphatic heterocycles. The van der Waals surface area contributed by atoms with Crippen LogP contribution in [-0.4, -0.2) is 19.0 Å². The Kier molecular flexibility index (Phi) is 5.05. The lowest BCUT2D eigenvalue weighted by Gasteiger charge is -2.12. The quantitative estimate of drug-likeness (QED) is 0.885. The highest BCUT2D eigenvalue weighted by Gasteiger charge is 2.22. The van der Waals surface area contributed by atoms with Gasteiger partial charge in [-0.25, -0.2) is 8.78 Å². The van der Waals surface area contributed by atoms with Gasteiger partial charge in [-0.3, -0.25) is 4.79 Å². The standard InChI is InChI=1S/C18H18F2N2O2/c19-14-3-1-2-12(8-14)11-24-17-5-4-15(9-16(17)20)22-18(23)13-6-7-21-10-13/h1-5,8-9,13,21H,6-7,10-11H2,(H,22,23). The first-order valence-corrected chi connectivity index (χ1v) is 7.80. The van der Waals surface area contributed by atoms with Crippen LogP contribution in [0.5, 0.6) is 5.75 Å². The molecule has 2 aromatic rings. The second-order valence-electron chi connectivity index (χ2n) is 5.74. The van der Waals surface area contributed by atoms with Crippen LogP contribution in [0, 0.1) is 17.6 Å². The average molecular weight is 332 g/mol. The number of halogens is 2. The second-order valence-corrected chi connectivity index (χ2v) is 5.74. The second kappa shape index (κ2) is 7.40. The third-order valence-electron chi connectivity index (χ3n) is 3.91. The normalized spacial score (nSPS) is 16.8. The third-order valence-corrected chi connectivity index (χ3v) is 3.91. The van der Waals surface area contributed by atoms with E-state index in [-0.39, 0.29) is 30.0 Å². The van der Waals surface area contributed by atoms with Gasteiger partial charge in [-0.2, -0.15) is 0 Å². The Morgan fingerprint density at radius 1 is 1.25 bits per heavy atom. The molecule has 0 radical (unpaired) electrons. The fourth-order valence-corrected chi connectivity index (χ4v) is 2.61. The summed E-state index contributed by atoms with van der Waals surface area (Å²) in [5.41, 5.74) is 1.00. The Hall–Kier alpha value is -2.47. The molecule has 0 aromatic heterocycles. The van der Waals surface area contributed by atoms with E-state index in [4.69, 9.17) is 4.74 Å². The Morgan fingerprint density at radius 3 is 2.83 bits per heavy atom. The number of carbonyl (C=O) groups is 1. The molecule has 2 N–H and O–H groups in total. The van der Waals surface area contributed by atoms with Crippen LogP contribution in [-0.2, 0) is 11.4 Å². The van der Waals surface area contributed by atoms with Gasteiger partial charge in [0.2, 0.25) is 5.91 Å². The van der Waals surface area contributed by atoms with Crippen molar-refractivity contribution in [3.63, 3.8) is 0 Å². The van der Waals surface area contributed by atoms with Crippen molar-refractivity contribution in [1.82, 2.24) is 5.32 Å². The van der Waals surface area contributed by atoms with E-state index in [2.05, 4.69) is 10.6 Å². The van der Waals surface area contributed by atoms with Crippen molar-refractivity contribution >= 4 is 11.6 Å². The number of rotatable bonds is 5. The number of ether oxygens (including phenoxy) is 1. The predicted molar refractivity (Wildman–Crippen MR) is 86.7 cm³/mol. The van der Waals surface area contributed by atoms with Crippen LogP contribution in [0.4, 0.5) is 14.5 Å². The van der Waals surface area contributed by atoms with Crippen molar-refractivity contribution in [3.8, 4) is 5.75 Å². The minimum atomic E-state index is -0.575. The number of hydrogen-bond acceptors (Lipinski definition) is 3. The largest absolute Gasteiger partial charge is 0.486 e. The summed E-state index contributed by atoms with van der Waals surface area (Å²) in [4.78, 5) is 12.0. The summed E-state index contributed by atoms with van der Waals surface area (Å²) in [6, 6.07) is 10.2. The highest BCUT2D eigenvalue weighted by atomic mass is 19.1. The molecule has 1 atom stereocenters. The predicted octanol–water partition coefficient (Wildman–Crippen LogP) is 3.09. The van der Waals surface area contributed by atoms with Gasteiger partial charge in [-0.1, -0.05) is 12.1 Å². The number of nitrogens with one attached hydrogen (secondary N) is 2. The summed E-state index contributed by atoms with van der Waals surface area (Å²) in [6.45, 7) is 1.52. The van der Waals surface area contributed by atoms with Crippen LogP contribution in [0.3, 0.4) is 0 Å². The van der Waals surface area contributed by atoms with E-state index in [1.165, 1.54) is 24.3 Å². The smallest absolute Gasteiger partial charge is 0.228 e. The molecule has 1 fully saturated rings. The molecule has 0 bridgehead atoms. The minimum absolute atomic E-state index is 0.0554. The molecular weight excluding hydrogens is 314 g/mol. The van der Waals surface area contributed by atoms with Gasteiger partial charge in [0.1, 0.15) is 12.4 Å². The fraction of sp³-hybridized carbons (Fsp3) is 0.278. The number of anilines is 1. The van der Waals surface area contributed by atoms with Crippen LogP contribution in [0.1, 0.15) is 12.0 Å². The zero-order valence-electron chi connectivity index (χ0n) is 13.0. The van der Waals surface area contributed by atoms with Crippen LogP contribution in [0.15, 0.2) is 42.5 Å². The summed E-state index contributed by atoms with van der Waals surface area (Å²) in [5, 5.41) is 5.82. The van der Waals surface area contributed by atoms with Gasteiger partial charge in [-0.15, -0.1) is 0 Å². The fourth-order valence-electron chi connectivity index (χ4n) is 2.61. The van der Waals surface area contributed by atoms with E-state index >= 15 is 0 Å². The minimum Gasteiger partial charge on any atom is -0.486 e. The molecule has 4 nitrogen and oxygen atoms in total. The average Bonchev–Trinajstić information content (AvgIpc) is 3.09. The Morgan fingerprint density at radius 2 is 2.12 bits per heavy atom. The molecule has 126 valence electrons. The van der Waals surface area contributed by atoms with E-state index < -0.39 is 5.82 Å². The molecule has 1 amide bonds. The van der Waals surface area contributed by atoms with Gasteiger partial charge in [0.05, 0.1) is 5.92 Å². The van der Waals surface area contributed by atoms with Gasteiger partial charge < -0.3 is 15.4 Å². The van der Waals surface area contributed by atoms with E-state index in [1.54, 1.807) is 18.2 Å². The molecule has 3 rings (SSSR count). The molecule has 1 aliphatic rings. The van der Waals surface area contributed by atoms with Crippen molar-refractivity contribution in [1.29, 1.82) is 0 Å². The summed E-state index contributed by atoms with van der Waals surface area (Å²) in [6.07, 6.45) is 0.781. The van der Waals surface area contributed by atoms with E-state index in [0.717, 1.165) is 13.0 Å². The maximum Gasteiger partial charge on any atom is 0.228 e. The van der Waals surface area contributed by atoms with Crippen molar-refractivity contribution in [2.75, 3.05) is 18.4 Å². The van der Waals surface area contributed by atoms with E-state index in [9.17, 15) is 13.6 Å².